The lowest BCUT2D eigenvalue weighted by molar-refractivity contribution is -0.118. The molecule has 1 heterocycles. The summed E-state index contributed by atoms with van der Waals surface area (Å²) in [6.45, 7) is 3.10. The summed E-state index contributed by atoms with van der Waals surface area (Å²) in [5.74, 6) is 0.561. The molecule has 6 nitrogen and oxygen atoms in total. The molecule has 0 aliphatic carbocycles. The summed E-state index contributed by atoms with van der Waals surface area (Å²) in [6, 6.07) is 14.7. The highest BCUT2D eigenvalue weighted by Crippen LogP contribution is 2.20. The van der Waals surface area contributed by atoms with Gasteiger partial charge in [0, 0.05) is 43.1 Å². The van der Waals surface area contributed by atoms with E-state index in [9.17, 15) is 9.59 Å². The predicted octanol–water partition coefficient (Wildman–Crippen LogP) is 2.23. The average Bonchev–Trinajstić information content (AvgIpc) is 2.68. The van der Waals surface area contributed by atoms with Crippen molar-refractivity contribution in [3.63, 3.8) is 0 Å². The van der Waals surface area contributed by atoms with Gasteiger partial charge in [-0.05, 0) is 48.5 Å². The van der Waals surface area contributed by atoms with Crippen LogP contribution in [0, 0.1) is 0 Å². The van der Waals surface area contributed by atoms with Crippen LogP contribution < -0.4 is 15.0 Å². The van der Waals surface area contributed by atoms with Gasteiger partial charge in [-0.25, -0.2) is 0 Å². The average molecular weight is 339 g/mol. The Balaban J connectivity index is 1.60. The number of carbonyl (C=O) groups excluding carboxylic acids is 2. The van der Waals surface area contributed by atoms with Gasteiger partial charge in [0.15, 0.2) is 0 Å². The Hall–Kier alpha value is -3.02. The highest BCUT2D eigenvalue weighted by atomic mass is 16.5. The van der Waals surface area contributed by atoms with Crippen LogP contribution in [0.5, 0.6) is 5.75 Å². The van der Waals surface area contributed by atoms with Crippen molar-refractivity contribution in [3.05, 3.63) is 54.1 Å². The van der Waals surface area contributed by atoms with Crippen LogP contribution >= 0.6 is 0 Å². The molecule has 0 bridgehead atoms. The Kier molecular flexibility index (Phi) is 5.18. The van der Waals surface area contributed by atoms with Crippen molar-refractivity contribution in [1.82, 2.24) is 4.90 Å². The topological polar surface area (TPSA) is 61.9 Å². The van der Waals surface area contributed by atoms with Gasteiger partial charge >= 0.3 is 0 Å². The normalized spacial score (nSPS) is 14.1. The van der Waals surface area contributed by atoms with Gasteiger partial charge in [-0.1, -0.05) is 0 Å². The molecular weight excluding hydrogens is 318 g/mol. The molecule has 0 atom stereocenters. The lowest BCUT2D eigenvalue weighted by atomic mass is 10.2. The summed E-state index contributed by atoms with van der Waals surface area (Å²) in [6.07, 6.45) is 0.898. The molecule has 0 spiro atoms. The van der Waals surface area contributed by atoms with Crippen molar-refractivity contribution < 1.29 is 14.3 Å². The van der Waals surface area contributed by atoms with E-state index in [0.29, 0.717) is 5.56 Å². The van der Waals surface area contributed by atoms with E-state index in [-0.39, 0.29) is 5.91 Å². The number of methoxy groups -OCH3 is 1. The fourth-order valence-electron chi connectivity index (χ4n) is 2.79. The molecule has 0 saturated carbocycles. The Morgan fingerprint density at radius 1 is 1.00 bits per heavy atom. The zero-order valence-electron chi connectivity index (χ0n) is 14.1. The molecule has 1 saturated heterocycles. The lowest BCUT2D eigenvalue weighted by Crippen LogP contribution is -2.45. The van der Waals surface area contributed by atoms with Gasteiger partial charge < -0.3 is 19.9 Å². The minimum absolute atomic E-state index is 0.157. The minimum Gasteiger partial charge on any atom is -0.497 e. The molecular formula is C19H21N3O3. The minimum atomic E-state index is -0.157. The highest BCUT2D eigenvalue weighted by molar-refractivity contribution is 6.04. The summed E-state index contributed by atoms with van der Waals surface area (Å²) >= 11 is 0. The van der Waals surface area contributed by atoms with E-state index in [1.165, 1.54) is 0 Å². The van der Waals surface area contributed by atoms with Gasteiger partial charge in [-0.2, -0.15) is 0 Å². The second-order valence-electron chi connectivity index (χ2n) is 5.86. The van der Waals surface area contributed by atoms with Crippen molar-refractivity contribution in [2.45, 2.75) is 0 Å². The van der Waals surface area contributed by atoms with Crippen LogP contribution in [-0.4, -0.2) is 50.5 Å². The second kappa shape index (κ2) is 7.70. The number of benzene rings is 2. The molecule has 1 aliphatic rings. The number of rotatable bonds is 5. The van der Waals surface area contributed by atoms with Crippen LogP contribution in [0.1, 0.15) is 10.4 Å². The summed E-state index contributed by atoms with van der Waals surface area (Å²) < 4.78 is 5.09. The van der Waals surface area contributed by atoms with Crippen LogP contribution in [0.25, 0.3) is 0 Å². The third-order valence-electron chi connectivity index (χ3n) is 4.31. The van der Waals surface area contributed by atoms with Crippen LogP contribution in [-0.2, 0) is 4.79 Å². The van der Waals surface area contributed by atoms with E-state index in [0.717, 1.165) is 49.7 Å². The van der Waals surface area contributed by atoms with E-state index < -0.39 is 0 Å². The van der Waals surface area contributed by atoms with E-state index in [2.05, 4.69) is 10.2 Å². The molecule has 1 N–H and O–H groups in total. The summed E-state index contributed by atoms with van der Waals surface area (Å²) in [7, 11) is 1.59. The van der Waals surface area contributed by atoms with E-state index in [1.807, 2.05) is 24.3 Å². The molecule has 3 rings (SSSR count). The van der Waals surface area contributed by atoms with Gasteiger partial charge in [0.05, 0.1) is 7.11 Å². The largest absolute Gasteiger partial charge is 0.497 e. The Bertz CT molecular complexity index is 721. The fraction of sp³-hybridized carbons (Fsp3) is 0.263. The number of nitrogens with zero attached hydrogens (tertiary/aromatic N) is 2. The molecule has 130 valence electrons. The second-order valence-corrected chi connectivity index (χ2v) is 5.86. The van der Waals surface area contributed by atoms with Gasteiger partial charge in [0.1, 0.15) is 5.75 Å². The van der Waals surface area contributed by atoms with Gasteiger partial charge in [0.25, 0.3) is 5.91 Å². The maximum atomic E-state index is 12.3. The molecule has 0 aromatic heterocycles. The monoisotopic (exact) mass is 339 g/mol. The molecule has 25 heavy (non-hydrogen) atoms. The van der Waals surface area contributed by atoms with Crippen LogP contribution in [0.2, 0.25) is 0 Å². The van der Waals surface area contributed by atoms with E-state index in [1.54, 1.807) is 36.3 Å². The first-order valence-corrected chi connectivity index (χ1v) is 8.19. The third kappa shape index (κ3) is 4.09. The van der Waals surface area contributed by atoms with E-state index >= 15 is 0 Å². The molecule has 0 radical (unpaired) electrons. The SMILES string of the molecule is COc1ccc(C(=O)Nc2ccc(N3CCN(C=O)CC3)cc2)cc1. The number of piperazine rings is 1. The number of hydrogen-bond donors (Lipinski definition) is 1. The lowest BCUT2D eigenvalue weighted by Gasteiger charge is -2.34. The Morgan fingerprint density at radius 3 is 2.20 bits per heavy atom. The maximum Gasteiger partial charge on any atom is 0.255 e. The number of ether oxygens (including phenoxy) is 1. The zero-order valence-corrected chi connectivity index (χ0v) is 14.1. The smallest absolute Gasteiger partial charge is 0.255 e. The molecule has 2 amide bonds. The first-order valence-electron chi connectivity index (χ1n) is 8.19. The van der Waals surface area contributed by atoms with Crippen molar-refractivity contribution in [2.24, 2.45) is 0 Å². The molecule has 0 unspecified atom stereocenters. The number of hydrogen-bond acceptors (Lipinski definition) is 4. The molecule has 1 fully saturated rings. The molecule has 2 aromatic carbocycles. The van der Waals surface area contributed by atoms with Gasteiger partial charge in [0.2, 0.25) is 6.41 Å². The van der Waals surface area contributed by atoms with Gasteiger partial charge in [-0.15, -0.1) is 0 Å². The zero-order chi connectivity index (χ0) is 17.6. The quantitative estimate of drug-likeness (QED) is 0.849. The number of amides is 2. The van der Waals surface area contributed by atoms with Crippen molar-refractivity contribution in [3.8, 4) is 5.75 Å². The first kappa shape index (κ1) is 16.8. The Labute approximate surface area is 147 Å². The van der Waals surface area contributed by atoms with Crippen molar-refractivity contribution >= 4 is 23.7 Å². The number of nitrogens with one attached hydrogen (secondary N) is 1. The molecule has 1 aliphatic heterocycles. The van der Waals surface area contributed by atoms with Gasteiger partial charge in [-0.3, -0.25) is 9.59 Å². The van der Waals surface area contributed by atoms with Crippen LogP contribution in [0.4, 0.5) is 11.4 Å². The summed E-state index contributed by atoms with van der Waals surface area (Å²) in [4.78, 5) is 27.0. The number of carbonyl (C=O) groups is 2. The first-order chi connectivity index (χ1) is 12.2. The molecule has 2 aromatic rings. The predicted molar refractivity (Wildman–Crippen MR) is 97.2 cm³/mol. The fourth-order valence-corrected chi connectivity index (χ4v) is 2.79. The summed E-state index contributed by atoms with van der Waals surface area (Å²) in [5.41, 5.74) is 2.42. The van der Waals surface area contributed by atoms with E-state index in [4.69, 9.17) is 4.74 Å². The van der Waals surface area contributed by atoms with Crippen molar-refractivity contribution in [1.29, 1.82) is 0 Å². The standard InChI is InChI=1S/C19H21N3O3/c1-25-18-8-2-15(3-9-18)19(24)20-16-4-6-17(7-5-16)22-12-10-21(14-23)11-13-22/h2-9,14H,10-13H2,1H3,(H,20,24). The summed E-state index contributed by atoms with van der Waals surface area (Å²) in [5, 5.41) is 2.89. The number of anilines is 2. The third-order valence-corrected chi connectivity index (χ3v) is 4.31. The Morgan fingerprint density at radius 2 is 1.64 bits per heavy atom. The molecule has 6 heteroatoms. The van der Waals surface area contributed by atoms with Crippen LogP contribution in [0.3, 0.4) is 0 Å². The van der Waals surface area contributed by atoms with Crippen LogP contribution in [0.15, 0.2) is 48.5 Å². The van der Waals surface area contributed by atoms with Crippen molar-refractivity contribution in [2.75, 3.05) is 43.5 Å². The highest BCUT2D eigenvalue weighted by Gasteiger charge is 2.15. The maximum absolute atomic E-state index is 12.3.